The molecule has 6 aliphatic rings. The van der Waals surface area contributed by atoms with E-state index in [1.807, 2.05) is 0 Å². The fourth-order valence-electron chi connectivity index (χ4n) is 17.4. The molecule has 4 atom stereocenters. The summed E-state index contributed by atoms with van der Waals surface area (Å²) in [5.41, 5.74) is 28.3. The zero-order valence-corrected chi connectivity index (χ0v) is 54.0. The van der Waals surface area contributed by atoms with Gasteiger partial charge in [-0.15, -0.1) is 0 Å². The Hall–Kier alpha value is -7.76. The van der Waals surface area contributed by atoms with Gasteiger partial charge in [-0.2, -0.15) is 0 Å². The molecule has 9 aromatic rings. The maximum absolute atomic E-state index is 2.83. The largest absolute Gasteiger partial charge is 0.334 e. The SMILES string of the molecule is CC(C)(C)c1ccc(N2c3ccc(N4c5ccc(C(C)(C)C)cc5C5(C)CCCCC45C)cc3B3c4cc(-c5ccccc5)ccc4N(c4ccc(-c5ccccc5)cc4)c4cc(N5c6ccc(C(C)(C)C)cc6C6(C)CCCCC56C)cc2c43)cc1. The average Bonchev–Trinajstić information content (AvgIpc) is 1.69. The number of benzene rings is 9. The van der Waals surface area contributed by atoms with E-state index in [1.165, 1.54) is 150 Å². The second-order valence-corrected chi connectivity index (χ2v) is 30.9. The molecular formula is C82H87BN4. The van der Waals surface area contributed by atoms with Crippen molar-refractivity contribution in [3.8, 4) is 22.3 Å². The summed E-state index contributed by atoms with van der Waals surface area (Å²) < 4.78 is 0. The molecule has 0 saturated heterocycles. The molecule has 0 N–H and O–H groups in total. The maximum atomic E-state index is 2.83. The summed E-state index contributed by atoms with van der Waals surface area (Å²) in [5.74, 6) is 0. The van der Waals surface area contributed by atoms with E-state index < -0.39 is 0 Å². The van der Waals surface area contributed by atoms with Gasteiger partial charge in [0.05, 0.1) is 11.1 Å². The second kappa shape index (κ2) is 19.4. The first-order valence-electron chi connectivity index (χ1n) is 32.8. The van der Waals surface area contributed by atoms with Gasteiger partial charge in [0.15, 0.2) is 0 Å². The fourth-order valence-corrected chi connectivity index (χ4v) is 17.4. The highest BCUT2D eigenvalue weighted by molar-refractivity contribution is 7.00. The van der Waals surface area contributed by atoms with E-state index in [0.29, 0.717) is 0 Å². The summed E-state index contributed by atoms with van der Waals surface area (Å²) in [6, 6.07) is 76.4. The lowest BCUT2D eigenvalue weighted by Crippen LogP contribution is -2.62. The predicted molar refractivity (Wildman–Crippen MR) is 373 cm³/mol. The third-order valence-electron chi connectivity index (χ3n) is 22.8. The highest BCUT2D eigenvalue weighted by atomic mass is 15.3. The smallest absolute Gasteiger partial charge is 0.252 e. The predicted octanol–water partition coefficient (Wildman–Crippen LogP) is 20.5. The molecule has 0 spiro atoms. The summed E-state index contributed by atoms with van der Waals surface area (Å²) in [4.78, 5) is 11.0. The monoisotopic (exact) mass is 1140 g/mol. The number of hydrogen-bond acceptors (Lipinski definition) is 4. The first kappa shape index (κ1) is 55.8. The summed E-state index contributed by atoms with van der Waals surface area (Å²) in [5, 5.41) is 0. The van der Waals surface area contributed by atoms with Crippen LogP contribution in [0.1, 0.15) is 169 Å². The van der Waals surface area contributed by atoms with Gasteiger partial charge in [0, 0.05) is 67.7 Å². The van der Waals surface area contributed by atoms with Gasteiger partial charge in [-0.05, 0) is 195 Å². The number of anilines is 10. The molecule has 0 radical (unpaired) electrons. The van der Waals surface area contributed by atoms with Crippen molar-refractivity contribution in [3.63, 3.8) is 0 Å². The van der Waals surface area contributed by atoms with Crippen molar-refractivity contribution in [2.75, 3.05) is 19.6 Å². The Labute approximate surface area is 520 Å². The van der Waals surface area contributed by atoms with Crippen LogP contribution in [-0.4, -0.2) is 17.8 Å². The molecule has 2 saturated carbocycles. The highest BCUT2D eigenvalue weighted by Gasteiger charge is 2.60. The molecule has 0 amide bonds. The van der Waals surface area contributed by atoms with Gasteiger partial charge in [-0.3, -0.25) is 0 Å². The van der Waals surface area contributed by atoms with Gasteiger partial charge in [0.2, 0.25) is 0 Å². The van der Waals surface area contributed by atoms with Crippen molar-refractivity contribution in [2.24, 2.45) is 0 Å². The lowest BCUT2D eigenvalue weighted by atomic mass is 9.33. The zero-order chi connectivity index (χ0) is 60.4. The van der Waals surface area contributed by atoms with Crippen molar-refractivity contribution >= 4 is 80.0 Å². The van der Waals surface area contributed by atoms with E-state index in [1.54, 1.807) is 0 Å². The quantitative estimate of drug-likeness (QED) is 0.154. The topological polar surface area (TPSA) is 13.0 Å². The van der Waals surface area contributed by atoms with Crippen LogP contribution in [0.25, 0.3) is 22.3 Å². The Morgan fingerprint density at radius 1 is 0.322 bits per heavy atom. The average molecular weight is 1140 g/mol. The standard InChI is InChI=1S/C82H87BN4/c1-76(2,3)58-31-37-62(38-32-58)85-72-43-39-63(86-69-41-33-59(77(4,5)6)49-65(69)79(10)44-20-22-46-81(79,86)12)51-68(72)83-67-48-57(55-26-18-15-19-27-55)30-40-71(67)84(61-35-28-56(29-36-61)54-24-16-14-17-25-54)73-52-64(53-74(85)75(73)83)87-70-42-34-60(78(7,8)9)50-66(70)80(11)45-21-23-47-82(80,87)13/h14-19,24-43,48-53H,20-23,44-47H2,1-13H3. The van der Waals surface area contributed by atoms with Crippen LogP contribution in [0.2, 0.25) is 0 Å². The second-order valence-electron chi connectivity index (χ2n) is 30.9. The van der Waals surface area contributed by atoms with E-state index >= 15 is 0 Å². The van der Waals surface area contributed by atoms with Gasteiger partial charge >= 0.3 is 0 Å². The van der Waals surface area contributed by atoms with Crippen LogP contribution in [-0.2, 0) is 27.1 Å². The van der Waals surface area contributed by atoms with Gasteiger partial charge in [0.1, 0.15) is 0 Å². The van der Waals surface area contributed by atoms with E-state index in [2.05, 4.69) is 304 Å². The molecule has 15 rings (SSSR count). The van der Waals surface area contributed by atoms with Gasteiger partial charge in [-0.1, -0.05) is 223 Å². The van der Waals surface area contributed by atoms with Gasteiger partial charge in [0.25, 0.3) is 6.71 Å². The summed E-state index contributed by atoms with van der Waals surface area (Å²) in [6.07, 6.45) is 9.52. The third kappa shape index (κ3) is 8.29. The van der Waals surface area contributed by atoms with E-state index in [9.17, 15) is 0 Å². The molecule has 2 aliphatic carbocycles. The van der Waals surface area contributed by atoms with Crippen molar-refractivity contribution in [3.05, 3.63) is 222 Å². The van der Waals surface area contributed by atoms with Gasteiger partial charge in [-0.25, -0.2) is 0 Å². The van der Waals surface area contributed by atoms with Gasteiger partial charge < -0.3 is 19.6 Å². The van der Waals surface area contributed by atoms with Crippen molar-refractivity contribution < 1.29 is 0 Å². The number of nitrogens with zero attached hydrogens (tertiary/aromatic N) is 4. The Morgan fingerprint density at radius 3 is 1.20 bits per heavy atom. The normalized spacial score (nSPS) is 22.7. The van der Waals surface area contributed by atoms with Crippen LogP contribution in [0.4, 0.5) is 56.9 Å². The number of rotatable bonds is 6. The molecule has 2 fully saturated rings. The maximum Gasteiger partial charge on any atom is 0.252 e. The minimum Gasteiger partial charge on any atom is -0.334 e. The summed E-state index contributed by atoms with van der Waals surface area (Å²) in [7, 11) is 0. The highest BCUT2D eigenvalue weighted by Crippen LogP contribution is 2.64. The molecule has 5 heteroatoms. The molecule has 4 nitrogen and oxygen atoms in total. The fraction of sp³-hybridized carbons (Fsp3) is 0.341. The molecule has 0 aromatic heterocycles. The van der Waals surface area contributed by atoms with Crippen LogP contribution in [0.15, 0.2) is 194 Å². The molecule has 9 aromatic carbocycles. The Kier molecular flexibility index (Phi) is 12.4. The van der Waals surface area contributed by atoms with Crippen LogP contribution in [0.3, 0.4) is 0 Å². The minimum atomic E-state index is -0.173. The van der Waals surface area contributed by atoms with E-state index in [4.69, 9.17) is 0 Å². The molecule has 4 unspecified atom stereocenters. The molecule has 438 valence electrons. The lowest BCUT2D eigenvalue weighted by Gasteiger charge is -2.51. The Bertz CT molecular complexity index is 4200. The van der Waals surface area contributed by atoms with Crippen molar-refractivity contribution in [1.29, 1.82) is 0 Å². The Morgan fingerprint density at radius 2 is 0.701 bits per heavy atom. The molecule has 0 bridgehead atoms. The number of fused-ring (bicyclic) bond motifs is 10. The molecular weight excluding hydrogens is 1050 g/mol. The van der Waals surface area contributed by atoms with Crippen LogP contribution >= 0.6 is 0 Å². The Balaban J connectivity index is 1.04. The van der Waals surface area contributed by atoms with E-state index in [0.717, 1.165) is 24.9 Å². The zero-order valence-electron chi connectivity index (χ0n) is 54.0. The summed E-state index contributed by atoms with van der Waals surface area (Å²) >= 11 is 0. The van der Waals surface area contributed by atoms with Crippen molar-refractivity contribution in [1.82, 2.24) is 0 Å². The summed E-state index contributed by atoms with van der Waals surface area (Å²) in [6.45, 7) is 31.6. The van der Waals surface area contributed by atoms with Crippen LogP contribution in [0, 0.1) is 0 Å². The van der Waals surface area contributed by atoms with E-state index in [-0.39, 0.29) is 44.9 Å². The van der Waals surface area contributed by atoms with Crippen LogP contribution < -0.4 is 36.0 Å². The molecule has 4 heterocycles. The third-order valence-corrected chi connectivity index (χ3v) is 22.8. The van der Waals surface area contributed by atoms with Crippen LogP contribution in [0.5, 0.6) is 0 Å². The van der Waals surface area contributed by atoms with Crippen molar-refractivity contribution in [2.45, 2.75) is 180 Å². The molecule has 87 heavy (non-hydrogen) atoms. The first-order valence-corrected chi connectivity index (χ1v) is 32.8. The number of hydrogen-bond donors (Lipinski definition) is 0. The molecule has 4 aliphatic heterocycles. The first-order chi connectivity index (χ1) is 41.5. The minimum absolute atomic E-state index is 0.00434. The lowest BCUT2D eigenvalue weighted by molar-refractivity contribution is 0.195.